The second-order valence-corrected chi connectivity index (χ2v) is 9.81. The number of rotatable bonds is 6. The first-order valence-electron chi connectivity index (χ1n) is 11.9. The van der Waals surface area contributed by atoms with Gasteiger partial charge in [0.2, 0.25) is 11.8 Å². The van der Waals surface area contributed by atoms with Gasteiger partial charge in [0.05, 0.1) is 13.2 Å². The summed E-state index contributed by atoms with van der Waals surface area (Å²) in [6.07, 6.45) is 10.5. The number of ether oxygens (including phenoxy) is 1. The Bertz CT molecular complexity index is 1180. The van der Waals surface area contributed by atoms with Crippen LogP contribution in [0.25, 0.3) is 10.9 Å². The lowest BCUT2D eigenvalue weighted by molar-refractivity contribution is -0.128. The molecule has 3 unspecified atom stereocenters. The molecule has 2 aliphatic heterocycles. The zero-order valence-corrected chi connectivity index (χ0v) is 19.4. The second-order valence-electron chi connectivity index (χ2n) is 9.81. The predicted molar refractivity (Wildman–Crippen MR) is 127 cm³/mol. The number of carbonyl (C=O) groups excluding carboxylic acids is 3. The van der Waals surface area contributed by atoms with Crippen LogP contribution in [0.4, 0.5) is 0 Å². The first-order valence-corrected chi connectivity index (χ1v) is 11.9. The number of amides is 3. The van der Waals surface area contributed by atoms with Gasteiger partial charge in [-0.3, -0.25) is 14.4 Å². The number of methoxy groups -OCH3 is 1. The van der Waals surface area contributed by atoms with E-state index in [9.17, 15) is 14.4 Å². The molecule has 3 heterocycles. The number of piperidine rings is 1. The molecule has 3 N–H and O–H groups in total. The van der Waals surface area contributed by atoms with Gasteiger partial charge in [-0.2, -0.15) is 0 Å². The minimum atomic E-state index is -0.592. The summed E-state index contributed by atoms with van der Waals surface area (Å²) in [6.45, 7) is 1.16. The molecule has 8 heteroatoms. The Morgan fingerprint density at radius 2 is 2.18 bits per heavy atom. The molecule has 3 aliphatic rings. The number of nitrogens with one attached hydrogen (secondary N) is 3. The Morgan fingerprint density at radius 3 is 2.85 bits per heavy atom. The summed E-state index contributed by atoms with van der Waals surface area (Å²) in [5.74, 6) is 2.65. The van der Waals surface area contributed by atoms with Gasteiger partial charge in [-0.15, -0.1) is 6.42 Å². The van der Waals surface area contributed by atoms with E-state index in [1.54, 1.807) is 18.1 Å². The van der Waals surface area contributed by atoms with Crippen molar-refractivity contribution in [1.29, 1.82) is 0 Å². The third-order valence-corrected chi connectivity index (χ3v) is 7.68. The lowest BCUT2D eigenvalue weighted by Crippen LogP contribution is -2.55. The smallest absolute Gasteiger partial charge is 0.270 e. The van der Waals surface area contributed by atoms with Gasteiger partial charge in [0.1, 0.15) is 17.5 Å². The number of aromatic nitrogens is 1. The average Bonchev–Trinajstić information content (AvgIpc) is 3.25. The predicted octanol–water partition coefficient (Wildman–Crippen LogP) is 2.21. The Kier molecular flexibility index (Phi) is 5.72. The lowest BCUT2D eigenvalue weighted by atomic mass is 9.87. The Morgan fingerprint density at radius 1 is 1.35 bits per heavy atom. The van der Waals surface area contributed by atoms with E-state index in [0.717, 1.165) is 30.2 Å². The maximum atomic E-state index is 13.6. The highest BCUT2D eigenvalue weighted by atomic mass is 16.5. The summed E-state index contributed by atoms with van der Waals surface area (Å²) in [5.41, 5.74) is 1.39. The van der Waals surface area contributed by atoms with E-state index in [2.05, 4.69) is 21.5 Å². The lowest BCUT2D eigenvalue weighted by Gasteiger charge is -2.39. The zero-order chi connectivity index (χ0) is 23.9. The van der Waals surface area contributed by atoms with Crippen molar-refractivity contribution in [3.8, 4) is 18.1 Å². The molecule has 1 spiro atoms. The van der Waals surface area contributed by atoms with Crippen molar-refractivity contribution in [3.63, 3.8) is 0 Å². The molecule has 3 fully saturated rings. The largest absolute Gasteiger partial charge is 0.496 e. The van der Waals surface area contributed by atoms with Crippen molar-refractivity contribution < 1.29 is 19.1 Å². The van der Waals surface area contributed by atoms with Gasteiger partial charge < -0.3 is 25.3 Å². The number of terminal acetylenes is 1. The minimum absolute atomic E-state index is 0.0184. The van der Waals surface area contributed by atoms with Crippen LogP contribution >= 0.6 is 0 Å². The van der Waals surface area contributed by atoms with Crippen LogP contribution in [-0.2, 0) is 9.59 Å². The van der Waals surface area contributed by atoms with E-state index in [0.29, 0.717) is 43.8 Å². The van der Waals surface area contributed by atoms with Crippen molar-refractivity contribution in [3.05, 3.63) is 30.0 Å². The first-order chi connectivity index (χ1) is 16.4. The zero-order valence-electron chi connectivity index (χ0n) is 19.4. The number of hydrogen-bond donors (Lipinski definition) is 3. The van der Waals surface area contributed by atoms with E-state index in [1.165, 1.54) is 0 Å². The summed E-state index contributed by atoms with van der Waals surface area (Å²) in [5, 5.41) is 6.59. The summed E-state index contributed by atoms with van der Waals surface area (Å²) in [7, 11) is 1.60. The molecule has 2 saturated heterocycles. The van der Waals surface area contributed by atoms with Crippen molar-refractivity contribution in [1.82, 2.24) is 20.5 Å². The second kappa shape index (κ2) is 8.71. The molecular formula is C26H30N4O4. The molecule has 2 aromatic rings. The number of H-pyrrole nitrogens is 1. The van der Waals surface area contributed by atoms with Gasteiger partial charge in [-0.1, -0.05) is 12.0 Å². The number of benzene rings is 1. The van der Waals surface area contributed by atoms with Crippen LogP contribution in [0.1, 0.15) is 49.0 Å². The van der Waals surface area contributed by atoms with E-state index in [4.69, 9.17) is 11.2 Å². The number of aromatic amines is 1. The van der Waals surface area contributed by atoms with Crippen LogP contribution in [0.2, 0.25) is 0 Å². The molecule has 0 radical (unpaired) electrons. The number of hydrogen-bond acceptors (Lipinski definition) is 4. The Hall–Kier alpha value is -3.47. The van der Waals surface area contributed by atoms with Gasteiger partial charge in [0, 0.05) is 29.9 Å². The highest BCUT2D eigenvalue weighted by Crippen LogP contribution is 2.55. The SMILES string of the molecule is C#CC(CC1CCNC1=O)NC(=O)C1CC2(CCN1C(=O)c1cc3c(OC)cccc3[nH]1)CC2. The Labute approximate surface area is 198 Å². The third kappa shape index (κ3) is 4.11. The molecule has 34 heavy (non-hydrogen) atoms. The number of carbonyl (C=O) groups is 3. The fraction of sp³-hybridized carbons (Fsp3) is 0.500. The quantitative estimate of drug-likeness (QED) is 0.573. The molecule has 5 rings (SSSR count). The van der Waals surface area contributed by atoms with Crippen LogP contribution in [0, 0.1) is 23.7 Å². The van der Waals surface area contributed by atoms with E-state index >= 15 is 0 Å². The van der Waals surface area contributed by atoms with Gasteiger partial charge in [0.25, 0.3) is 5.91 Å². The fourth-order valence-corrected chi connectivity index (χ4v) is 5.41. The van der Waals surface area contributed by atoms with Crippen molar-refractivity contribution in [2.45, 2.75) is 50.6 Å². The standard InChI is InChI=1S/C26H30N4O4/c1-3-17(13-16-7-11-27-23(16)31)28-24(32)21-15-26(8-9-26)10-12-30(21)25(33)20-14-18-19(29-20)5-4-6-22(18)34-2/h1,4-6,14,16-17,21,29H,7-13,15H2,2H3,(H,27,31)(H,28,32). The Balaban J connectivity index is 1.35. The van der Waals surface area contributed by atoms with Gasteiger partial charge in [-0.25, -0.2) is 0 Å². The highest BCUT2D eigenvalue weighted by molar-refractivity contribution is 6.01. The van der Waals surface area contributed by atoms with Crippen LogP contribution in [-0.4, -0.2) is 59.9 Å². The average molecular weight is 463 g/mol. The van der Waals surface area contributed by atoms with Gasteiger partial charge in [0.15, 0.2) is 0 Å². The minimum Gasteiger partial charge on any atom is -0.496 e. The molecule has 178 valence electrons. The van der Waals surface area contributed by atoms with E-state index in [1.807, 2.05) is 18.2 Å². The van der Waals surface area contributed by atoms with Crippen molar-refractivity contribution in [2.24, 2.45) is 11.3 Å². The van der Waals surface area contributed by atoms with Crippen LogP contribution in [0.3, 0.4) is 0 Å². The molecule has 1 aromatic heterocycles. The highest BCUT2D eigenvalue weighted by Gasteiger charge is 2.51. The number of likely N-dealkylation sites (tertiary alicyclic amines) is 1. The summed E-state index contributed by atoms with van der Waals surface area (Å²) < 4.78 is 5.42. The third-order valence-electron chi connectivity index (χ3n) is 7.68. The maximum Gasteiger partial charge on any atom is 0.270 e. The number of nitrogens with zero attached hydrogens (tertiary/aromatic N) is 1. The first kappa shape index (κ1) is 22.3. The molecule has 8 nitrogen and oxygen atoms in total. The van der Waals surface area contributed by atoms with Gasteiger partial charge >= 0.3 is 0 Å². The molecule has 3 amide bonds. The van der Waals surface area contributed by atoms with Crippen molar-refractivity contribution in [2.75, 3.05) is 20.2 Å². The van der Waals surface area contributed by atoms with Crippen LogP contribution in [0.5, 0.6) is 5.75 Å². The maximum absolute atomic E-state index is 13.6. The summed E-state index contributed by atoms with van der Waals surface area (Å²) >= 11 is 0. The van der Waals surface area contributed by atoms with Crippen LogP contribution < -0.4 is 15.4 Å². The molecule has 1 aliphatic carbocycles. The van der Waals surface area contributed by atoms with Crippen LogP contribution in [0.15, 0.2) is 24.3 Å². The number of fused-ring (bicyclic) bond motifs is 1. The van der Waals surface area contributed by atoms with Gasteiger partial charge in [-0.05, 0) is 62.1 Å². The molecule has 1 aromatic carbocycles. The molecule has 0 bridgehead atoms. The van der Waals surface area contributed by atoms with E-state index < -0.39 is 12.1 Å². The molecule has 3 atom stereocenters. The van der Waals surface area contributed by atoms with Crippen molar-refractivity contribution >= 4 is 28.6 Å². The van der Waals surface area contributed by atoms with E-state index in [-0.39, 0.29) is 29.1 Å². The summed E-state index contributed by atoms with van der Waals surface area (Å²) in [4.78, 5) is 43.8. The fourth-order valence-electron chi connectivity index (χ4n) is 5.41. The topological polar surface area (TPSA) is 104 Å². The normalized spacial score (nSPS) is 23.9. The molecular weight excluding hydrogens is 432 g/mol. The monoisotopic (exact) mass is 462 g/mol. The molecule has 1 saturated carbocycles. The summed E-state index contributed by atoms with van der Waals surface area (Å²) in [6, 6.07) is 6.26.